The molecule has 174 valence electrons. The van der Waals surface area contributed by atoms with Crippen LogP contribution in [-0.4, -0.2) is 38.5 Å². The summed E-state index contributed by atoms with van der Waals surface area (Å²) in [7, 11) is 0. The molecule has 1 fully saturated rings. The fourth-order valence-electron chi connectivity index (χ4n) is 4.23. The molecule has 2 unspecified atom stereocenters. The molecule has 5 rings (SSSR count). The summed E-state index contributed by atoms with van der Waals surface area (Å²) in [4.78, 5) is 65.0. The normalized spacial score (nSPS) is 21.3. The van der Waals surface area contributed by atoms with E-state index in [1.807, 2.05) is 36.6 Å². The van der Waals surface area contributed by atoms with Crippen LogP contribution in [0, 0.1) is 12.8 Å². The number of aryl methyl sites for hydroxylation is 1. The van der Waals surface area contributed by atoms with Crippen LogP contribution in [0.25, 0.3) is 0 Å². The first-order chi connectivity index (χ1) is 16.3. The zero-order chi connectivity index (χ0) is 24.1. The van der Waals surface area contributed by atoms with Gasteiger partial charge in [0.15, 0.2) is 0 Å². The zero-order valence-electron chi connectivity index (χ0n) is 17.7. The molecular weight excluding hydrogens is 496 g/mol. The van der Waals surface area contributed by atoms with Gasteiger partial charge in [-0.3, -0.25) is 23.7 Å². The quantitative estimate of drug-likeness (QED) is 0.515. The smallest absolute Gasteiger partial charge is 0.328 e. The first kappa shape index (κ1) is 22.6. The van der Waals surface area contributed by atoms with Gasteiger partial charge in [0.1, 0.15) is 11.8 Å². The average molecular weight is 515 g/mol. The third-order valence-corrected chi connectivity index (χ3v) is 9.32. The van der Waals surface area contributed by atoms with Crippen LogP contribution in [0.1, 0.15) is 21.2 Å². The Morgan fingerprint density at radius 1 is 1.09 bits per heavy atom. The monoisotopic (exact) mass is 514 g/mol. The van der Waals surface area contributed by atoms with Gasteiger partial charge in [0.2, 0.25) is 11.8 Å². The Balaban J connectivity index is 1.53. The molecule has 0 bridgehead atoms. The fourth-order valence-corrected chi connectivity index (χ4v) is 7.95. The van der Waals surface area contributed by atoms with E-state index in [2.05, 4.69) is 5.32 Å². The molecule has 12 heteroatoms. The number of hydrogen-bond acceptors (Lipinski definition) is 8. The molecule has 9 nitrogen and oxygen atoms in total. The van der Waals surface area contributed by atoms with E-state index in [9.17, 15) is 24.0 Å². The van der Waals surface area contributed by atoms with Crippen LogP contribution in [0.3, 0.4) is 0 Å². The average Bonchev–Trinajstić information content (AvgIpc) is 3.48. The highest BCUT2D eigenvalue weighted by atomic mass is 32.2. The number of urea groups is 1. The predicted molar refractivity (Wildman–Crippen MR) is 129 cm³/mol. The van der Waals surface area contributed by atoms with Crippen molar-refractivity contribution >= 4 is 63.9 Å². The van der Waals surface area contributed by atoms with Crippen molar-refractivity contribution in [3.05, 3.63) is 66.8 Å². The second kappa shape index (κ2) is 8.53. The molecule has 5 amide bonds. The number of nitrogens with one attached hydrogen (secondary N) is 1. The number of thiophene rings is 1. The second-order valence-corrected chi connectivity index (χ2v) is 11.0. The molecule has 2 aromatic heterocycles. The summed E-state index contributed by atoms with van der Waals surface area (Å²) in [6.45, 7) is 1.69. The van der Waals surface area contributed by atoms with Crippen LogP contribution in [0.4, 0.5) is 10.5 Å². The molecule has 1 saturated heterocycles. The first-order valence-corrected chi connectivity index (χ1v) is 12.8. The number of carbonyl (C=O) groups is 4. The Morgan fingerprint density at radius 2 is 1.82 bits per heavy atom. The number of fused-ring (bicyclic) bond motifs is 2. The van der Waals surface area contributed by atoms with Gasteiger partial charge in [-0.05, 0) is 30.5 Å². The van der Waals surface area contributed by atoms with Crippen molar-refractivity contribution in [3.63, 3.8) is 0 Å². The second-order valence-electron chi connectivity index (χ2n) is 7.95. The number of rotatable bonds is 4. The minimum atomic E-state index is -1.12. The summed E-state index contributed by atoms with van der Waals surface area (Å²) in [5.41, 5.74) is 6.96. The van der Waals surface area contributed by atoms with E-state index in [4.69, 9.17) is 5.73 Å². The molecule has 1 aromatic carbocycles. The predicted octanol–water partition coefficient (Wildman–Crippen LogP) is 2.59. The molecule has 0 spiro atoms. The van der Waals surface area contributed by atoms with Gasteiger partial charge < -0.3 is 11.1 Å². The number of anilines is 1. The summed E-state index contributed by atoms with van der Waals surface area (Å²) in [5.74, 6) is -3.20. The van der Waals surface area contributed by atoms with E-state index in [-0.39, 0.29) is 11.4 Å². The molecule has 0 aliphatic carbocycles. The van der Waals surface area contributed by atoms with Gasteiger partial charge in [0, 0.05) is 21.4 Å². The van der Waals surface area contributed by atoms with Crippen molar-refractivity contribution in [1.29, 1.82) is 0 Å². The van der Waals surface area contributed by atoms with Crippen molar-refractivity contribution in [2.24, 2.45) is 11.7 Å². The number of amides is 5. The minimum absolute atomic E-state index is 0.248. The van der Waals surface area contributed by atoms with Gasteiger partial charge in [-0.15, -0.1) is 11.3 Å². The molecular formula is C22H18N4O5S3. The number of likely N-dealkylation sites (tertiary alicyclic amines) is 1. The summed E-state index contributed by atoms with van der Waals surface area (Å²) >= 11 is 3.38. The van der Waals surface area contributed by atoms with E-state index >= 15 is 0 Å². The summed E-state index contributed by atoms with van der Waals surface area (Å²) < 4.78 is 1.33. The number of thiazole rings is 1. The Kier molecular flexibility index (Phi) is 5.66. The highest BCUT2D eigenvalue weighted by Gasteiger charge is 2.58. The van der Waals surface area contributed by atoms with Crippen molar-refractivity contribution in [3.8, 4) is 0 Å². The third kappa shape index (κ3) is 3.67. The van der Waals surface area contributed by atoms with E-state index < -0.39 is 40.8 Å². The number of nitrogens with two attached hydrogens (primary N) is 1. The topological polar surface area (TPSA) is 132 Å². The van der Waals surface area contributed by atoms with Crippen LogP contribution in [0.5, 0.6) is 0 Å². The lowest BCUT2D eigenvalue weighted by Crippen LogP contribution is -2.41. The van der Waals surface area contributed by atoms with Crippen LogP contribution in [0.2, 0.25) is 0 Å². The van der Waals surface area contributed by atoms with Gasteiger partial charge in [0.25, 0.3) is 5.91 Å². The number of imide groups is 3. The lowest BCUT2D eigenvalue weighted by molar-refractivity contribution is -0.135. The summed E-state index contributed by atoms with van der Waals surface area (Å²) in [5, 5.41) is 4.16. The maximum atomic E-state index is 13.1. The van der Waals surface area contributed by atoms with Gasteiger partial charge in [-0.2, -0.15) is 4.90 Å². The van der Waals surface area contributed by atoms with Crippen molar-refractivity contribution in [1.82, 2.24) is 9.47 Å². The van der Waals surface area contributed by atoms with Crippen molar-refractivity contribution in [2.45, 2.75) is 29.7 Å². The van der Waals surface area contributed by atoms with E-state index in [1.165, 1.54) is 15.9 Å². The molecule has 2 aliphatic heterocycles. The molecule has 3 N–H and O–H groups in total. The Hall–Kier alpha value is -3.22. The van der Waals surface area contributed by atoms with Crippen molar-refractivity contribution in [2.75, 3.05) is 5.32 Å². The van der Waals surface area contributed by atoms with Crippen LogP contribution in [0.15, 0.2) is 51.6 Å². The third-order valence-electron chi connectivity index (χ3n) is 5.76. The van der Waals surface area contributed by atoms with Gasteiger partial charge >= 0.3 is 10.9 Å². The Morgan fingerprint density at radius 3 is 2.47 bits per heavy atom. The fraction of sp³-hybridized carbons (Fsp3) is 0.227. The molecule has 3 aromatic rings. The molecule has 0 radical (unpaired) electrons. The highest BCUT2D eigenvalue weighted by Crippen LogP contribution is 2.53. The largest absolute Gasteiger partial charge is 0.351 e. The molecule has 3 atom stereocenters. The SMILES string of the molecule is Cc1ccc(NC(=O)Cn2c3c(sc2=O)[C@@H](c2cccs2)C2C(=O)N(C(N)=O)C(=O)C2S3)cc1. The number of benzene rings is 1. The molecule has 2 aliphatic rings. The van der Waals surface area contributed by atoms with Crippen LogP contribution in [-0.2, 0) is 20.9 Å². The van der Waals surface area contributed by atoms with Gasteiger partial charge in [0.05, 0.1) is 10.9 Å². The highest BCUT2D eigenvalue weighted by molar-refractivity contribution is 8.00. The number of hydrogen-bond donors (Lipinski definition) is 2. The van der Waals surface area contributed by atoms with Crippen molar-refractivity contribution < 1.29 is 19.2 Å². The van der Waals surface area contributed by atoms with Gasteiger partial charge in [-0.1, -0.05) is 46.9 Å². The first-order valence-electron chi connectivity index (χ1n) is 10.2. The lowest BCUT2D eigenvalue weighted by atomic mass is 9.87. The maximum Gasteiger partial charge on any atom is 0.328 e. The molecule has 34 heavy (non-hydrogen) atoms. The number of nitrogens with zero attached hydrogens (tertiary/aromatic N) is 2. The minimum Gasteiger partial charge on any atom is -0.351 e. The van der Waals surface area contributed by atoms with E-state index in [0.717, 1.165) is 33.5 Å². The number of carbonyl (C=O) groups excluding carboxylic acids is 4. The number of thioether (sulfide) groups is 1. The van der Waals surface area contributed by atoms with Gasteiger partial charge in [-0.25, -0.2) is 4.79 Å². The summed E-state index contributed by atoms with van der Waals surface area (Å²) in [6.07, 6.45) is 0. The molecule has 0 saturated carbocycles. The van der Waals surface area contributed by atoms with E-state index in [0.29, 0.717) is 20.5 Å². The maximum absolute atomic E-state index is 13.1. The van der Waals surface area contributed by atoms with E-state index in [1.54, 1.807) is 12.1 Å². The number of primary amides is 1. The summed E-state index contributed by atoms with van der Waals surface area (Å²) in [6, 6.07) is 9.80. The zero-order valence-corrected chi connectivity index (χ0v) is 20.2. The van der Waals surface area contributed by atoms with Crippen LogP contribution >= 0.6 is 34.4 Å². The Labute approximate surface area is 205 Å². The standard InChI is InChI=1S/C22H18N4O5S3/c1-10-4-6-11(7-5-10)24-13(27)9-25-20-17(34-22(25)31)14(12-3-2-8-32-12)15-16(33-20)19(29)26(18(15)28)21(23)30/h2-8,14-16H,9H2,1H3,(H2,23,30)(H,24,27)/t14-,15?,16?/m0/s1. The number of aromatic nitrogens is 1. The molecule has 4 heterocycles. The Bertz CT molecular complexity index is 1380. The van der Waals surface area contributed by atoms with Crippen LogP contribution < -0.4 is 15.9 Å². The lowest BCUT2D eigenvalue weighted by Gasteiger charge is -2.29.